The first-order valence-electron chi connectivity index (χ1n) is 7.99. The van der Waals surface area contributed by atoms with Gasteiger partial charge in [0.25, 0.3) is 0 Å². The highest BCUT2D eigenvalue weighted by Crippen LogP contribution is 2.31. The van der Waals surface area contributed by atoms with Crippen molar-refractivity contribution in [1.29, 1.82) is 0 Å². The van der Waals surface area contributed by atoms with Crippen molar-refractivity contribution in [1.82, 2.24) is 0 Å². The topological polar surface area (TPSA) is 114 Å². The van der Waals surface area contributed by atoms with Gasteiger partial charge in [-0.25, -0.2) is 13.2 Å². The Balaban J connectivity index is 2.08. The van der Waals surface area contributed by atoms with Gasteiger partial charge in [-0.05, 0) is 50.2 Å². The number of phenolic OH excluding ortho intramolecular Hbond substituents is 1. The van der Waals surface area contributed by atoms with Gasteiger partial charge in [0, 0.05) is 12.3 Å². The highest BCUT2D eigenvalue weighted by Gasteiger charge is 2.09. The molecule has 0 aliphatic carbocycles. The molecular formula is C18H20N2O6S. The molecule has 0 saturated heterocycles. The number of rotatable bonds is 7. The summed E-state index contributed by atoms with van der Waals surface area (Å²) in [6.07, 6.45) is 1.12. The molecule has 27 heavy (non-hydrogen) atoms. The van der Waals surface area contributed by atoms with Crippen LogP contribution in [0.4, 0.5) is 5.69 Å². The summed E-state index contributed by atoms with van der Waals surface area (Å²) in [6, 6.07) is 10.4. The Hall–Kier alpha value is -3.07. The number of hydrogen-bond acceptors (Lipinski definition) is 8. The Morgan fingerprint density at radius 2 is 1.78 bits per heavy atom. The number of carbonyl (C=O) groups excluding carboxylic acids is 1. The van der Waals surface area contributed by atoms with E-state index in [0.717, 1.165) is 6.26 Å². The van der Waals surface area contributed by atoms with E-state index >= 15 is 0 Å². The highest BCUT2D eigenvalue weighted by atomic mass is 32.2. The zero-order chi connectivity index (χ0) is 20.0. The Morgan fingerprint density at radius 1 is 1.15 bits per heavy atom. The van der Waals surface area contributed by atoms with E-state index < -0.39 is 15.8 Å². The second kappa shape index (κ2) is 8.54. The number of ether oxygens (including phenoxy) is 2. The van der Waals surface area contributed by atoms with Gasteiger partial charge < -0.3 is 14.6 Å². The zero-order valence-corrected chi connectivity index (χ0v) is 15.9. The van der Waals surface area contributed by atoms with Crippen LogP contribution in [0.15, 0.2) is 52.5 Å². The summed E-state index contributed by atoms with van der Waals surface area (Å²) in [5, 5.41) is 13.9. The lowest BCUT2D eigenvalue weighted by Crippen LogP contribution is -2.15. The molecule has 0 unspecified atom stereocenters. The molecule has 2 aromatic carbocycles. The van der Waals surface area contributed by atoms with Crippen molar-refractivity contribution in [2.75, 3.05) is 18.3 Å². The number of carbonyl (C=O) groups is 1. The number of aromatic hydroxyl groups is 1. The molecule has 0 fully saturated rings. The van der Waals surface area contributed by atoms with Gasteiger partial charge in [0.1, 0.15) is 23.0 Å². The molecule has 0 aromatic heterocycles. The summed E-state index contributed by atoms with van der Waals surface area (Å²) < 4.78 is 33.3. The third-order valence-electron chi connectivity index (χ3n) is 3.37. The average molecular weight is 392 g/mol. The first-order chi connectivity index (χ1) is 12.7. The third kappa shape index (κ3) is 5.71. The summed E-state index contributed by atoms with van der Waals surface area (Å²) >= 11 is 0. The quantitative estimate of drug-likeness (QED) is 0.322. The van der Waals surface area contributed by atoms with E-state index in [1.165, 1.54) is 43.3 Å². The van der Waals surface area contributed by atoms with Gasteiger partial charge in [0.2, 0.25) is 0 Å². The molecule has 0 aliphatic heterocycles. The average Bonchev–Trinajstić information content (AvgIpc) is 2.60. The van der Waals surface area contributed by atoms with E-state index in [4.69, 9.17) is 9.47 Å². The fraction of sp³-hybridized carbons (Fsp3) is 0.222. The van der Waals surface area contributed by atoms with Crippen LogP contribution in [0.25, 0.3) is 0 Å². The molecule has 144 valence electrons. The van der Waals surface area contributed by atoms with Crippen LogP contribution >= 0.6 is 0 Å². The van der Waals surface area contributed by atoms with Crippen molar-refractivity contribution in [2.45, 2.75) is 18.7 Å². The van der Waals surface area contributed by atoms with E-state index in [1.807, 2.05) is 0 Å². The van der Waals surface area contributed by atoms with Gasteiger partial charge in [-0.1, -0.05) is 0 Å². The second-order valence-electron chi connectivity index (χ2n) is 5.55. The van der Waals surface area contributed by atoms with Crippen LogP contribution in [0.1, 0.15) is 13.8 Å². The van der Waals surface area contributed by atoms with Gasteiger partial charge in [0.05, 0.1) is 17.2 Å². The van der Waals surface area contributed by atoms with Crippen molar-refractivity contribution in [3.63, 3.8) is 0 Å². The lowest BCUT2D eigenvalue weighted by molar-refractivity contribution is -0.135. The van der Waals surface area contributed by atoms with Crippen LogP contribution < -0.4 is 10.2 Å². The molecule has 0 bridgehead atoms. The van der Waals surface area contributed by atoms with Gasteiger partial charge >= 0.3 is 5.97 Å². The minimum atomic E-state index is -3.28. The molecule has 0 atom stereocenters. The second-order valence-corrected chi connectivity index (χ2v) is 7.57. The lowest BCUT2D eigenvalue weighted by atomic mass is 10.2. The predicted octanol–water partition coefficient (Wildman–Crippen LogP) is 2.94. The molecule has 2 N–H and O–H groups in total. The summed E-state index contributed by atoms with van der Waals surface area (Å²) in [5.41, 5.74) is 2.97. The molecule has 2 aromatic rings. The van der Waals surface area contributed by atoms with Crippen LogP contribution in [-0.4, -0.2) is 38.1 Å². The van der Waals surface area contributed by atoms with E-state index in [2.05, 4.69) is 10.5 Å². The van der Waals surface area contributed by atoms with Crippen LogP contribution in [0.2, 0.25) is 0 Å². The van der Waals surface area contributed by atoms with E-state index in [-0.39, 0.29) is 28.7 Å². The number of phenols is 1. The minimum Gasteiger partial charge on any atom is -0.506 e. The lowest BCUT2D eigenvalue weighted by Gasteiger charge is -2.09. The highest BCUT2D eigenvalue weighted by molar-refractivity contribution is 7.90. The van der Waals surface area contributed by atoms with Crippen LogP contribution in [0, 0.1) is 0 Å². The van der Waals surface area contributed by atoms with Crippen LogP contribution in [0.3, 0.4) is 0 Å². The van der Waals surface area contributed by atoms with Gasteiger partial charge in [0.15, 0.2) is 9.84 Å². The Labute approximate surface area is 157 Å². The number of sulfone groups is 1. The van der Waals surface area contributed by atoms with Crippen molar-refractivity contribution < 1.29 is 27.8 Å². The maximum absolute atomic E-state index is 11.5. The number of nitrogens with one attached hydrogen (secondary N) is 1. The first-order valence-corrected chi connectivity index (χ1v) is 9.88. The largest absolute Gasteiger partial charge is 0.506 e. The monoisotopic (exact) mass is 392 g/mol. The number of benzene rings is 2. The normalized spacial score (nSPS) is 11.7. The summed E-state index contributed by atoms with van der Waals surface area (Å²) in [7, 11) is -3.28. The van der Waals surface area contributed by atoms with Crippen molar-refractivity contribution >= 4 is 27.2 Å². The number of nitrogens with zero attached hydrogens (tertiary/aromatic N) is 1. The number of anilines is 1. The minimum absolute atomic E-state index is 0.113. The van der Waals surface area contributed by atoms with Gasteiger partial charge in [-0.3, -0.25) is 5.43 Å². The van der Waals surface area contributed by atoms with E-state index in [1.54, 1.807) is 13.0 Å². The SMILES string of the molecule is CCOC(=O)/C(C)=N\Nc1ccc(Oc2ccc(S(C)(=O)=O)cc2)cc1O. The Morgan fingerprint density at radius 3 is 2.33 bits per heavy atom. The van der Waals surface area contributed by atoms with Gasteiger partial charge in [-0.15, -0.1) is 0 Å². The molecule has 0 spiro atoms. The predicted molar refractivity (Wildman–Crippen MR) is 101 cm³/mol. The Kier molecular flexibility index (Phi) is 6.40. The number of hydrazone groups is 1. The maximum atomic E-state index is 11.5. The smallest absolute Gasteiger partial charge is 0.354 e. The van der Waals surface area contributed by atoms with E-state index in [9.17, 15) is 18.3 Å². The first kappa shape index (κ1) is 20.2. The summed E-state index contributed by atoms with van der Waals surface area (Å²) in [5.74, 6) is 0.0672. The molecule has 0 aliphatic rings. The molecular weight excluding hydrogens is 372 g/mol. The molecule has 9 heteroatoms. The molecule has 0 heterocycles. The zero-order valence-electron chi connectivity index (χ0n) is 15.1. The number of esters is 1. The number of hydrogen-bond donors (Lipinski definition) is 2. The molecule has 2 rings (SSSR count). The van der Waals surface area contributed by atoms with E-state index in [0.29, 0.717) is 11.5 Å². The fourth-order valence-corrected chi connectivity index (χ4v) is 2.62. The molecule has 0 saturated carbocycles. The van der Waals surface area contributed by atoms with Crippen molar-refractivity contribution in [2.24, 2.45) is 5.10 Å². The van der Waals surface area contributed by atoms with Crippen LogP contribution in [0.5, 0.6) is 17.2 Å². The summed E-state index contributed by atoms with van der Waals surface area (Å²) in [6.45, 7) is 3.42. The molecule has 8 nitrogen and oxygen atoms in total. The Bertz CT molecular complexity index is 952. The standard InChI is InChI=1S/C18H20N2O6S/c1-4-25-18(22)12(2)19-20-16-10-7-14(11-17(16)21)26-13-5-8-15(9-6-13)27(3,23)24/h5-11,20-21H,4H2,1-3H3/b19-12-. The van der Waals surface area contributed by atoms with Crippen molar-refractivity contribution in [3.05, 3.63) is 42.5 Å². The van der Waals surface area contributed by atoms with Gasteiger partial charge in [-0.2, -0.15) is 5.10 Å². The van der Waals surface area contributed by atoms with Crippen molar-refractivity contribution in [3.8, 4) is 17.2 Å². The molecule has 0 radical (unpaired) electrons. The fourth-order valence-electron chi connectivity index (χ4n) is 1.99. The van der Waals surface area contributed by atoms with Crippen LogP contribution in [-0.2, 0) is 19.4 Å². The third-order valence-corrected chi connectivity index (χ3v) is 4.50. The maximum Gasteiger partial charge on any atom is 0.354 e. The summed E-state index contributed by atoms with van der Waals surface area (Å²) in [4.78, 5) is 11.7. The molecule has 0 amide bonds.